The molecule has 0 fully saturated rings. The third kappa shape index (κ3) is 3.18. The van der Waals surface area contributed by atoms with E-state index in [-0.39, 0.29) is 5.91 Å². The van der Waals surface area contributed by atoms with Crippen LogP contribution in [0.15, 0.2) is 48.5 Å². The topological polar surface area (TPSA) is 29.5 Å². The molecular weight excluding hydrogens is 250 g/mol. The molecule has 0 atom stereocenters. The van der Waals surface area contributed by atoms with Gasteiger partial charge in [0.25, 0.3) is 0 Å². The van der Waals surface area contributed by atoms with Crippen LogP contribution in [-0.2, 0) is 11.3 Å². The Morgan fingerprint density at radius 2 is 1.85 bits per heavy atom. The molecule has 2 aromatic rings. The minimum absolute atomic E-state index is 0.0137. The molecule has 0 saturated heterocycles. The maximum atomic E-state index is 11.9. The van der Waals surface area contributed by atoms with E-state index in [0.717, 1.165) is 22.6 Å². The van der Waals surface area contributed by atoms with Crippen molar-refractivity contribution in [3.63, 3.8) is 0 Å². The lowest BCUT2D eigenvalue weighted by Gasteiger charge is -2.22. The molecule has 0 heterocycles. The number of hydrogen-bond acceptors (Lipinski definition) is 2. The summed E-state index contributed by atoms with van der Waals surface area (Å²) in [5, 5.41) is 0. The molecule has 2 rings (SSSR count). The second kappa shape index (κ2) is 6.24. The summed E-state index contributed by atoms with van der Waals surface area (Å²) in [7, 11) is 1.64. The van der Waals surface area contributed by atoms with Crippen LogP contribution in [0.5, 0.6) is 5.75 Å². The largest absolute Gasteiger partial charge is 0.496 e. The summed E-state index contributed by atoms with van der Waals surface area (Å²) in [6.07, 6.45) is 0. The van der Waals surface area contributed by atoms with Crippen LogP contribution < -0.4 is 9.64 Å². The zero-order valence-corrected chi connectivity index (χ0v) is 12.1. The maximum absolute atomic E-state index is 11.9. The standard InChI is InChI=1S/C17H19NO2/c1-13-9-10-16(11-17(13)20-3)18(14(2)19)12-15-7-5-4-6-8-15/h4-11H,12H2,1-3H3. The number of carbonyl (C=O) groups excluding carboxylic acids is 1. The van der Waals surface area contributed by atoms with Crippen LogP contribution in [-0.4, -0.2) is 13.0 Å². The number of carbonyl (C=O) groups is 1. The van der Waals surface area contributed by atoms with Gasteiger partial charge < -0.3 is 9.64 Å². The minimum atomic E-state index is 0.0137. The fraction of sp³-hybridized carbons (Fsp3) is 0.235. The quantitative estimate of drug-likeness (QED) is 0.849. The molecule has 3 nitrogen and oxygen atoms in total. The summed E-state index contributed by atoms with van der Waals surface area (Å²) in [4.78, 5) is 13.7. The van der Waals surface area contributed by atoms with Crippen LogP contribution in [0, 0.1) is 6.92 Å². The average Bonchev–Trinajstić information content (AvgIpc) is 2.46. The fourth-order valence-electron chi connectivity index (χ4n) is 2.13. The predicted molar refractivity (Wildman–Crippen MR) is 81.0 cm³/mol. The first-order chi connectivity index (χ1) is 9.61. The van der Waals surface area contributed by atoms with E-state index in [0.29, 0.717) is 6.54 Å². The van der Waals surface area contributed by atoms with Crippen LogP contribution in [0.1, 0.15) is 18.1 Å². The highest BCUT2D eigenvalue weighted by atomic mass is 16.5. The molecule has 0 spiro atoms. The monoisotopic (exact) mass is 269 g/mol. The van der Waals surface area contributed by atoms with Crippen LogP contribution >= 0.6 is 0 Å². The molecule has 0 radical (unpaired) electrons. The molecule has 0 aliphatic heterocycles. The summed E-state index contributed by atoms with van der Waals surface area (Å²) < 4.78 is 5.33. The van der Waals surface area contributed by atoms with Crippen LogP contribution in [0.4, 0.5) is 5.69 Å². The van der Waals surface area contributed by atoms with Crippen molar-refractivity contribution in [3.8, 4) is 5.75 Å². The van der Waals surface area contributed by atoms with Gasteiger partial charge in [-0.25, -0.2) is 0 Å². The van der Waals surface area contributed by atoms with E-state index in [1.54, 1.807) is 18.9 Å². The zero-order chi connectivity index (χ0) is 14.5. The van der Waals surface area contributed by atoms with Gasteiger partial charge >= 0.3 is 0 Å². The first kappa shape index (κ1) is 14.1. The Balaban J connectivity index is 2.31. The number of rotatable bonds is 4. The van der Waals surface area contributed by atoms with Crippen molar-refractivity contribution < 1.29 is 9.53 Å². The van der Waals surface area contributed by atoms with Crippen LogP contribution in [0.3, 0.4) is 0 Å². The second-order valence-corrected chi connectivity index (χ2v) is 4.74. The number of amides is 1. The number of aryl methyl sites for hydroxylation is 1. The Kier molecular flexibility index (Phi) is 4.41. The molecule has 0 saturated carbocycles. The van der Waals surface area contributed by atoms with Gasteiger partial charge in [-0.1, -0.05) is 36.4 Å². The van der Waals surface area contributed by atoms with Crippen molar-refractivity contribution in [2.75, 3.05) is 12.0 Å². The number of anilines is 1. The molecule has 0 N–H and O–H groups in total. The van der Waals surface area contributed by atoms with Crippen molar-refractivity contribution in [2.45, 2.75) is 20.4 Å². The lowest BCUT2D eigenvalue weighted by molar-refractivity contribution is -0.116. The summed E-state index contributed by atoms with van der Waals surface area (Å²) in [6, 6.07) is 15.8. The fourth-order valence-corrected chi connectivity index (χ4v) is 2.13. The van der Waals surface area contributed by atoms with E-state index < -0.39 is 0 Å². The third-order valence-corrected chi connectivity index (χ3v) is 3.27. The second-order valence-electron chi connectivity index (χ2n) is 4.74. The Bertz CT molecular complexity index is 593. The molecule has 0 bridgehead atoms. The normalized spacial score (nSPS) is 10.2. The van der Waals surface area contributed by atoms with Gasteiger partial charge in [-0.2, -0.15) is 0 Å². The van der Waals surface area contributed by atoms with Crippen molar-refractivity contribution in [1.82, 2.24) is 0 Å². The first-order valence-electron chi connectivity index (χ1n) is 6.58. The van der Waals surface area contributed by atoms with E-state index in [4.69, 9.17) is 4.74 Å². The van der Waals surface area contributed by atoms with Gasteiger partial charge in [0.2, 0.25) is 5.91 Å². The molecule has 0 aromatic heterocycles. The van der Waals surface area contributed by atoms with Crippen molar-refractivity contribution in [1.29, 1.82) is 0 Å². The minimum Gasteiger partial charge on any atom is -0.496 e. The SMILES string of the molecule is COc1cc(N(Cc2ccccc2)C(C)=O)ccc1C. The molecule has 104 valence electrons. The lowest BCUT2D eigenvalue weighted by atomic mass is 10.1. The summed E-state index contributed by atoms with van der Waals surface area (Å²) in [5.74, 6) is 0.807. The molecule has 1 amide bonds. The molecule has 3 heteroatoms. The van der Waals surface area contributed by atoms with Gasteiger partial charge in [0.05, 0.1) is 13.7 Å². The van der Waals surface area contributed by atoms with E-state index in [1.807, 2.05) is 55.5 Å². The van der Waals surface area contributed by atoms with Crippen molar-refractivity contribution in [2.24, 2.45) is 0 Å². The van der Waals surface area contributed by atoms with E-state index in [1.165, 1.54) is 0 Å². The van der Waals surface area contributed by atoms with E-state index >= 15 is 0 Å². The number of benzene rings is 2. The molecular formula is C17H19NO2. The highest BCUT2D eigenvalue weighted by molar-refractivity contribution is 5.91. The lowest BCUT2D eigenvalue weighted by Crippen LogP contribution is -2.27. The molecule has 2 aromatic carbocycles. The molecule has 0 aliphatic rings. The van der Waals surface area contributed by atoms with Crippen molar-refractivity contribution in [3.05, 3.63) is 59.7 Å². The summed E-state index contributed by atoms with van der Waals surface area (Å²) >= 11 is 0. The van der Waals surface area contributed by atoms with Crippen molar-refractivity contribution >= 4 is 11.6 Å². The van der Waals surface area contributed by atoms with Crippen LogP contribution in [0.25, 0.3) is 0 Å². The third-order valence-electron chi connectivity index (χ3n) is 3.27. The average molecular weight is 269 g/mol. The van der Waals surface area contributed by atoms with Gasteiger partial charge in [0.15, 0.2) is 0 Å². The highest BCUT2D eigenvalue weighted by Crippen LogP contribution is 2.26. The Labute approximate surface area is 119 Å². The van der Waals surface area contributed by atoms with E-state index in [2.05, 4.69) is 0 Å². The zero-order valence-electron chi connectivity index (χ0n) is 12.1. The Morgan fingerprint density at radius 3 is 2.45 bits per heavy atom. The highest BCUT2D eigenvalue weighted by Gasteiger charge is 2.13. The van der Waals surface area contributed by atoms with Gasteiger partial charge in [-0.3, -0.25) is 4.79 Å². The summed E-state index contributed by atoms with van der Waals surface area (Å²) in [5.41, 5.74) is 3.01. The summed E-state index contributed by atoms with van der Waals surface area (Å²) in [6.45, 7) is 4.12. The number of methoxy groups -OCH3 is 1. The predicted octanol–water partition coefficient (Wildman–Crippen LogP) is 3.56. The number of hydrogen-bond donors (Lipinski definition) is 0. The Hall–Kier alpha value is -2.29. The number of ether oxygens (including phenoxy) is 1. The smallest absolute Gasteiger partial charge is 0.224 e. The van der Waals surface area contributed by atoms with Gasteiger partial charge in [0.1, 0.15) is 5.75 Å². The number of nitrogens with zero attached hydrogens (tertiary/aromatic N) is 1. The van der Waals surface area contributed by atoms with Crippen LogP contribution in [0.2, 0.25) is 0 Å². The molecule has 0 unspecified atom stereocenters. The maximum Gasteiger partial charge on any atom is 0.224 e. The van der Waals surface area contributed by atoms with Gasteiger partial charge in [-0.05, 0) is 24.1 Å². The molecule has 0 aliphatic carbocycles. The van der Waals surface area contributed by atoms with Gasteiger partial charge in [0, 0.05) is 18.7 Å². The van der Waals surface area contributed by atoms with Gasteiger partial charge in [-0.15, -0.1) is 0 Å². The molecule has 20 heavy (non-hydrogen) atoms. The first-order valence-corrected chi connectivity index (χ1v) is 6.58. The Morgan fingerprint density at radius 1 is 1.15 bits per heavy atom. The van der Waals surface area contributed by atoms with E-state index in [9.17, 15) is 4.79 Å².